The van der Waals surface area contributed by atoms with Crippen molar-refractivity contribution in [2.45, 2.75) is 38.9 Å². The SMILES string of the molecule is CC(C)Oc1nccc(OC2CC2)c1NS(C)(=O)=O. The van der Waals surface area contributed by atoms with E-state index in [1.807, 2.05) is 13.8 Å². The average molecular weight is 286 g/mol. The van der Waals surface area contributed by atoms with Gasteiger partial charge in [-0.15, -0.1) is 0 Å². The molecule has 0 aliphatic heterocycles. The van der Waals surface area contributed by atoms with Crippen LogP contribution in [-0.2, 0) is 10.0 Å². The minimum atomic E-state index is -3.42. The van der Waals surface area contributed by atoms with Crippen LogP contribution in [0.1, 0.15) is 26.7 Å². The minimum Gasteiger partial charge on any atom is -0.488 e. The molecule has 0 bridgehead atoms. The Morgan fingerprint density at radius 3 is 2.63 bits per heavy atom. The third kappa shape index (κ3) is 4.27. The molecule has 0 unspecified atom stereocenters. The lowest BCUT2D eigenvalue weighted by molar-refractivity contribution is 0.231. The summed E-state index contributed by atoms with van der Waals surface area (Å²) >= 11 is 0. The van der Waals surface area contributed by atoms with Gasteiger partial charge < -0.3 is 9.47 Å². The fourth-order valence-corrected chi connectivity index (χ4v) is 2.04. The number of nitrogens with zero attached hydrogens (tertiary/aromatic N) is 1. The first kappa shape index (κ1) is 13.9. The van der Waals surface area contributed by atoms with E-state index in [2.05, 4.69) is 9.71 Å². The summed E-state index contributed by atoms with van der Waals surface area (Å²) in [6.07, 6.45) is 4.66. The first-order valence-corrected chi connectivity index (χ1v) is 8.04. The van der Waals surface area contributed by atoms with E-state index in [-0.39, 0.29) is 23.8 Å². The molecule has 19 heavy (non-hydrogen) atoms. The van der Waals surface area contributed by atoms with E-state index >= 15 is 0 Å². The minimum absolute atomic E-state index is 0.108. The second kappa shape index (κ2) is 5.24. The van der Waals surface area contributed by atoms with E-state index in [1.54, 1.807) is 12.3 Å². The normalized spacial score (nSPS) is 15.4. The van der Waals surface area contributed by atoms with Gasteiger partial charge in [0.2, 0.25) is 15.9 Å². The quantitative estimate of drug-likeness (QED) is 0.862. The molecule has 1 fully saturated rings. The van der Waals surface area contributed by atoms with E-state index in [0.717, 1.165) is 19.1 Å². The molecule has 6 nitrogen and oxygen atoms in total. The van der Waals surface area contributed by atoms with Crippen LogP contribution in [0.5, 0.6) is 11.6 Å². The predicted molar refractivity (Wildman–Crippen MR) is 72.1 cm³/mol. The lowest BCUT2D eigenvalue weighted by Crippen LogP contribution is -2.15. The number of aromatic nitrogens is 1. The van der Waals surface area contributed by atoms with E-state index in [1.165, 1.54) is 0 Å². The average Bonchev–Trinajstić information content (AvgIpc) is 3.04. The number of anilines is 1. The maximum atomic E-state index is 11.4. The number of nitrogens with one attached hydrogen (secondary N) is 1. The van der Waals surface area contributed by atoms with Crippen LogP contribution in [0, 0.1) is 0 Å². The molecule has 1 aliphatic rings. The molecule has 2 rings (SSSR count). The Hall–Kier alpha value is -1.50. The molecule has 1 saturated carbocycles. The summed E-state index contributed by atoms with van der Waals surface area (Å²) in [4.78, 5) is 4.06. The van der Waals surface area contributed by atoms with Crippen LogP contribution in [0.25, 0.3) is 0 Å². The van der Waals surface area contributed by atoms with Crippen molar-refractivity contribution < 1.29 is 17.9 Å². The van der Waals surface area contributed by atoms with Crippen molar-refractivity contribution in [3.8, 4) is 11.6 Å². The molecule has 0 atom stereocenters. The van der Waals surface area contributed by atoms with Crippen molar-refractivity contribution in [2.24, 2.45) is 0 Å². The summed E-state index contributed by atoms with van der Waals surface area (Å²) in [6.45, 7) is 3.70. The van der Waals surface area contributed by atoms with Gasteiger partial charge in [-0.05, 0) is 26.7 Å². The Balaban J connectivity index is 2.34. The summed E-state index contributed by atoms with van der Waals surface area (Å²) in [5.41, 5.74) is 0.269. The Labute approximate surface area is 113 Å². The Kier molecular flexibility index (Phi) is 3.84. The molecule has 106 valence electrons. The van der Waals surface area contributed by atoms with Gasteiger partial charge in [0.25, 0.3) is 0 Å². The number of ether oxygens (including phenoxy) is 2. The first-order valence-electron chi connectivity index (χ1n) is 6.15. The Bertz CT molecular complexity index is 531. The second-order valence-corrected chi connectivity index (χ2v) is 6.60. The maximum absolute atomic E-state index is 11.4. The maximum Gasteiger partial charge on any atom is 0.242 e. The van der Waals surface area contributed by atoms with Crippen LogP contribution in [0.15, 0.2) is 12.3 Å². The van der Waals surface area contributed by atoms with E-state index in [0.29, 0.717) is 5.75 Å². The number of rotatable bonds is 6. The predicted octanol–water partition coefficient (Wildman–Crippen LogP) is 1.78. The zero-order chi connectivity index (χ0) is 14.0. The highest BCUT2D eigenvalue weighted by molar-refractivity contribution is 7.92. The van der Waals surface area contributed by atoms with E-state index < -0.39 is 10.0 Å². The van der Waals surface area contributed by atoms with Crippen LogP contribution in [0.3, 0.4) is 0 Å². The molecule has 1 aliphatic carbocycles. The van der Waals surface area contributed by atoms with Gasteiger partial charge in [-0.2, -0.15) is 0 Å². The van der Waals surface area contributed by atoms with Gasteiger partial charge in [0.15, 0.2) is 11.4 Å². The monoisotopic (exact) mass is 286 g/mol. The van der Waals surface area contributed by atoms with Crippen LogP contribution in [-0.4, -0.2) is 31.9 Å². The molecule has 7 heteroatoms. The standard InChI is InChI=1S/C12H18N2O4S/c1-8(2)17-12-11(14-19(3,15)16)10(6-7-13-12)18-9-4-5-9/h6-9,14H,4-5H2,1-3H3. The fourth-order valence-electron chi connectivity index (χ4n) is 1.48. The molecule has 1 heterocycles. The molecule has 1 aromatic heterocycles. The molecule has 0 aromatic carbocycles. The summed E-state index contributed by atoms with van der Waals surface area (Å²) < 4.78 is 36.5. The molecule has 0 amide bonds. The number of sulfonamides is 1. The summed E-state index contributed by atoms with van der Waals surface area (Å²) in [5, 5.41) is 0. The molecule has 1 N–H and O–H groups in total. The Morgan fingerprint density at radius 1 is 1.42 bits per heavy atom. The molecule has 0 radical (unpaired) electrons. The second-order valence-electron chi connectivity index (χ2n) is 4.85. The highest BCUT2D eigenvalue weighted by atomic mass is 32.2. The number of hydrogen-bond donors (Lipinski definition) is 1. The van der Waals surface area contributed by atoms with Gasteiger partial charge in [-0.1, -0.05) is 0 Å². The zero-order valence-electron chi connectivity index (χ0n) is 11.2. The molecule has 0 saturated heterocycles. The largest absolute Gasteiger partial charge is 0.488 e. The lowest BCUT2D eigenvalue weighted by atomic mass is 10.3. The number of pyridine rings is 1. The number of hydrogen-bond acceptors (Lipinski definition) is 5. The van der Waals surface area contributed by atoms with E-state index in [9.17, 15) is 8.42 Å². The van der Waals surface area contributed by atoms with Gasteiger partial charge in [0.1, 0.15) is 0 Å². The van der Waals surface area contributed by atoms with Gasteiger partial charge in [-0.25, -0.2) is 13.4 Å². The smallest absolute Gasteiger partial charge is 0.242 e. The summed E-state index contributed by atoms with van der Waals surface area (Å²) in [7, 11) is -3.42. The van der Waals surface area contributed by atoms with Crippen LogP contribution < -0.4 is 14.2 Å². The Morgan fingerprint density at radius 2 is 2.11 bits per heavy atom. The zero-order valence-corrected chi connectivity index (χ0v) is 12.0. The van der Waals surface area contributed by atoms with Gasteiger partial charge in [-0.3, -0.25) is 4.72 Å². The van der Waals surface area contributed by atoms with Crippen molar-refractivity contribution in [3.63, 3.8) is 0 Å². The van der Waals surface area contributed by atoms with Gasteiger partial charge >= 0.3 is 0 Å². The third-order valence-corrected chi connectivity index (χ3v) is 2.91. The van der Waals surface area contributed by atoms with E-state index in [4.69, 9.17) is 9.47 Å². The van der Waals surface area contributed by atoms with Crippen molar-refractivity contribution in [2.75, 3.05) is 11.0 Å². The van der Waals surface area contributed by atoms with Crippen LogP contribution in [0.4, 0.5) is 5.69 Å². The molecular formula is C12H18N2O4S. The molecular weight excluding hydrogens is 268 g/mol. The van der Waals surface area contributed by atoms with Gasteiger partial charge in [0, 0.05) is 12.3 Å². The van der Waals surface area contributed by atoms with Crippen molar-refractivity contribution >= 4 is 15.7 Å². The topological polar surface area (TPSA) is 77.5 Å². The highest BCUT2D eigenvalue weighted by Gasteiger charge is 2.26. The highest BCUT2D eigenvalue weighted by Crippen LogP contribution is 2.37. The van der Waals surface area contributed by atoms with Crippen molar-refractivity contribution in [3.05, 3.63) is 12.3 Å². The van der Waals surface area contributed by atoms with Crippen molar-refractivity contribution in [1.82, 2.24) is 4.98 Å². The summed E-state index contributed by atoms with van der Waals surface area (Å²) in [6, 6.07) is 1.64. The first-order chi connectivity index (χ1) is 8.85. The fraction of sp³-hybridized carbons (Fsp3) is 0.583. The van der Waals surface area contributed by atoms with Crippen LogP contribution in [0.2, 0.25) is 0 Å². The van der Waals surface area contributed by atoms with Crippen molar-refractivity contribution in [1.29, 1.82) is 0 Å². The molecule has 1 aromatic rings. The lowest BCUT2D eigenvalue weighted by Gasteiger charge is -2.17. The third-order valence-electron chi connectivity index (χ3n) is 2.33. The van der Waals surface area contributed by atoms with Gasteiger partial charge in [0.05, 0.1) is 18.5 Å². The van der Waals surface area contributed by atoms with Crippen LogP contribution >= 0.6 is 0 Å². The summed E-state index contributed by atoms with van der Waals surface area (Å²) in [5.74, 6) is 0.692. The molecule has 0 spiro atoms.